The number of carbonyl (C=O) groups is 1. The summed E-state index contributed by atoms with van der Waals surface area (Å²) in [7, 11) is 0. The van der Waals surface area contributed by atoms with E-state index in [2.05, 4.69) is 11.8 Å². The van der Waals surface area contributed by atoms with Crippen LogP contribution in [0.4, 0.5) is 4.39 Å². The highest BCUT2D eigenvalue weighted by atomic mass is 19.1. The van der Waals surface area contributed by atoms with E-state index in [4.69, 9.17) is 5.11 Å². The van der Waals surface area contributed by atoms with Crippen LogP contribution in [-0.4, -0.2) is 11.4 Å². The van der Waals surface area contributed by atoms with Crippen LogP contribution < -0.4 is 0 Å². The number of rotatable bonds is 1. The minimum absolute atomic E-state index is 0.124. The van der Waals surface area contributed by atoms with Crippen LogP contribution in [0, 0.1) is 17.7 Å². The Labute approximate surface area is 75.0 Å². The number of aldehydes is 1. The summed E-state index contributed by atoms with van der Waals surface area (Å²) < 4.78 is 13.2. The Balaban J connectivity index is 3.15. The number of benzene rings is 1. The Hall–Kier alpha value is -1.66. The van der Waals surface area contributed by atoms with E-state index in [1.54, 1.807) is 6.07 Å². The molecule has 0 aliphatic heterocycles. The summed E-state index contributed by atoms with van der Waals surface area (Å²) >= 11 is 0. The summed E-state index contributed by atoms with van der Waals surface area (Å²) in [6, 6.07) is 4.48. The van der Waals surface area contributed by atoms with Crippen LogP contribution in [0.15, 0.2) is 18.2 Å². The lowest BCUT2D eigenvalue weighted by Crippen LogP contribution is -1.92. The van der Waals surface area contributed by atoms with E-state index in [-0.39, 0.29) is 17.7 Å². The fraction of sp³-hybridized carbons (Fsp3) is 0.100. The fourth-order valence-electron chi connectivity index (χ4n) is 0.906. The summed E-state index contributed by atoms with van der Waals surface area (Å²) in [6.07, 6.45) is 0.394. The standard InChI is InChI=1S/C10H7FO2/c11-10-8(5-2-6-12)3-1-4-9(10)7-13/h1,3-4,6,13H,7H2. The molecule has 1 N–H and O–H groups in total. The molecule has 0 radical (unpaired) electrons. The molecule has 0 amide bonds. The first-order valence-corrected chi connectivity index (χ1v) is 3.63. The van der Waals surface area contributed by atoms with Crippen LogP contribution in [0.2, 0.25) is 0 Å². The maximum atomic E-state index is 13.2. The van der Waals surface area contributed by atoms with Gasteiger partial charge in [0.2, 0.25) is 0 Å². The van der Waals surface area contributed by atoms with Gasteiger partial charge in [-0.1, -0.05) is 18.1 Å². The molecule has 0 fully saturated rings. The van der Waals surface area contributed by atoms with Crippen molar-refractivity contribution >= 4 is 6.29 Å². The van der Waals surface area contributed by atoms with Gasteiger partial charge in [-0.25, -0.2) is 4.39 Å². The minimum atomic E-state index is -0.570. The van der Waals surface area contributed by atoms with Gasteiger partial charge in [0.25, 0.3) is 0 Å². The quantitative estimate of drug-likeness (QED) is 0.511. The second-order valence-corrected chi connectivity index (χ2v) is 2.32. The van der Waals surface area contributed by atoms with Crippen LogP contribution in [0.5, 0.6) is 0 Å². The van der Waals surface area contributed by atoms with Crippen molar-refractivity contribution < 1.29 is 14.3 Å². The second kappa shape index (κ2) is 4.39. The molecule has 1 rings (SSSR count). The van der Waals surface area contributed by atoms with Crippen LogP contribution in [-0.2, 0) is 11.4 Å². The first-order valence-electron chi connectivity index (χ1n) is 3.63. The molecule has 0 aliphatic rings. The van der Waals surface area contributed by atoms with Gasteiger partial charge in [0, 0.05) is 5.56 Å². The highest BCUT2D eigenvalue weighted by molar-refractivity contribution is 5.74. The molecule has 0 heterocycles. The van der Waals surface area contributed by atoms with Gasteiger partial charge in [0.15, 0.2) is 6.29 Å². The molecular formula is C10H7FO2. The van der Waals surface area contributed by atoms with Gasteiger partial charge in [0.05, 0.1) is 12.2 Å². The highest BCUT2D eigenvalue weighted by Gasteiger charge is 2.03. The maximum absolute atomic E-state index is 13.2. The van der Waals surface area contributed by atoms with E-state index in [9.17, 15) is 9.18 Å². The van der Waals surface area contributed by atoms with E-state index in [1.165, 1.54) is 12.1 Å². The van der Waals surface area contributed by atoms with Gasteiger partial charge in [-0.3, -0.25) is 4.79 Å². The predicted molar refractivity (Wildman–Crippen MR) is 45.3 cm³/mol. The summed E-state index contributed by atoms with van der Waals surface area (Å²) in [6.45, 7) is -0.373. The van der Waals surface area contributed by atoms with E-state index in [0.717, 1.165) is 0 Å². The largest absolute Gasteiger partial charge is 0.392 e. The topological polar surface area (TPSA) is 37.3 Å². The number of aliphatic hydroxyl groups excluding tert-OH is 1. The fourth-order valence-corrected chi connectivity index (χ4v) is 0.906. The van der Waals surface area contributed by atoms with Crippen molar-refractivity contribution in [2.45, 2.75) is 6.61 Å². The zero-order chi connectivity index (χ0) is 9.68. The molecule has 0 spiro atoms. The Morgan fingerprint density at radius 3 is 2.92 bits per heavy atom. The molecule has 0 aromatic heterocycles. The van der Waals surface area contributed by atoms with Crippen LogP contribution in [0.1, 0.15) is 11.1 Å². The average Bonchev–Trinajstić information content (AvgIpc) is 2.16. The number of hydrogen-bond acceptors (Lipinski definition) is 2. The van der Waals surface area contributed by atoms with Crippen molar-refractivity contribution in [3.8, 4) is 11.8 Å². The van der Waals surface area contributed by atoms with E-state index in [1.807, 2.05) is 0 Å². The zero-order valence-corrected chi connectivity index (χ0v) is 6.75. The summed E-state index contributed by atoms with van der Waals surface area (Å²) in [4.78, 5) is 9.90. The Bertz CT molecular complexity index is 374. The predicted octanol–water partition coefficient (Wildman–Crippen LogP) is 0.868. The van der Waals surface area contributed by atoms with Crippen LogP contribution in [0.3, 0.4) is 0 Å². The number of hydrogen-bond donors (Lipinski definition) is 1. The lowest BCUT2D eigenvalue weighted by atomic mass is 10.1. The molecule has 0 atom stereocenters. The Morgan fingerprint density at radius 2 is 2.31 bits per heavy atom. The molecule has 13 heavy (non-hydrogen) atoms. The molecule has 3 heteroatoms. The Kier molecular flexibility index (Phi) is 3.18. The molecule has 0 aliphatic carbocycles. The summed E-state index contributed by atoms with van der Waals surface area (Å²) in [5.74, 6) is 3.87. The lowest BCUT2D eigenvalue weighted by Gasteiger charge is -1.99. The van der Waals surface area contributed by atoms with Gasteiger partial charge < -0.3 is 5.11 Å². The van der Waals surface area contributed by atoms with E-state index >= 15 is 0 Å². The molecule has 0 bridgehead atoms. The van der Waals surface area contributed by atoms with Crippen molar-refractivity contribution in [1.29, 1.82) is 0 Å². The van der Waals surface area contributed by atoms with Crippen molar-refractivity contribution in [3.63, 3.8) is 0 Å². The molecule has 2 nitrogen and oxygen atoms in total. The highest BCUT2D eigenvalue weighted by Crippen LogP contribution is 2.11. The molecule has 66 valence electrons. The molecule has 0 saturated heterocycles. The summed E-state index contributed by atoms with van der Waals surface area (Å²) in [5, 5.41) is 8.71. The summed E-state index contributed by atoms with van der Waals surface area (Å²) in [5.41, 5.74) is 0.302. The van der Waals surface area contributed by atoms with Crippen LogP contribution >= 0.6 is 0 Å². The smallest absolute Gasteiger partial charge is 0.193 e. The molecule has 0 unspecified atom stereocenters. The minimum Gasteiger partial charge on any atom is -0.392 e. The number of aliphatic hydroxyl groups is 1. The molecule has 1 aromatic carbocycles. The first-order chi connectivity index (χ1) is 6.29. The van der Waals surface area contributed by atoms with Crippen molar-refractivity contribution in [3.05, 3.63) is 35.1 Å². The number of halogens is 1. The van der Waals surface area contributed by atoms with Crippen LogP contribution in [0.25, 0.3) is 0 Å². The average molecular weight is 178 g/mol. The third kappa shape index (κ3) is 2.14. The van der Waals surface area contributed by atoms with E-state index in [0.29, 0.717) is 6.29 Å². The van der Waals surface area contributed by atoms with Crippen molar-refractivity contribution in [2.24, 2.45) is 0 Å². The van der Waals surface area contributed by atoms with Crippen molar-refractivity contribution in [2.75, 3.05) is 0 Å². The Morgan fingerprint density at radius 1 is 1.54 bits per heavy atom. The normalized spacial score (nSPS) is 8.77. The van der Waals surface area contributed by atoms with Gasteiger partial charge in [-0.2, -0.15) is 0 Å². The van der Waals surface area contributed by atoms with Gasteiger partial charge in [-0.15, -0.1) is 0 Å². The molecule has 0 saturated carbocycles. The number of carbonyl (C=O) groups excluding carboxylic acids is 1. The third-order valence-electron chi connectivity index (χ3n) is 1.51. The van der Waals surface area contributed by atoms with Gasteiger partial charge >= 0.3 is 0 Å². The molecule has 1 aromatic rings. The van der Waals surface area contributed by atoms with Gasteiger partial charge in [0.1, 0.15) is 5.82 Å². The zero-order valence-electron chi connectivity index (χ0n) is 6.75. The maximum Gasteiger partial charge on any atom is 0.193 e. The SMILES string of the molecule is O=CC#Cc1cccc(CO)c1F. The third-order valence-corrected chi connectivity index (χ3v) is 1.51. The first kappa shape index (κ1) is 9.43. The van der Waals surface area contributed by atoms with Gasteiger partial charge in [-0.05, 0) is 12.0 Å². The van der Waals surface area contributed by atoms with Crippen molar-refractivity contribution in [1.82, 2.24) is 0 Å². The second-order valence-electron chi connectivity index (χ2n) is 2.32. The van der Waals surface area contributed by atoms with E-state index < -0.39 is 5.82 Å². The monoisotopic (exact) mass is 178 g/mol. The lowest BCUT2D eigenvalue weighted by molar-refractivity contribution is -0.103. The molecular weight excluding hydrogens is 171 g/mol.